The number of halogens is 1. The van der Waals surface area contributed by atoms with E-state index >= 15 is 0 Å². The van der Waals surface area contributed by atoms with Crippen LogP contribution < -0.4 is 5.32 Å². The molecule has 0 fully saturated rings. The first-order valence-electron chi connectivity index (χ1n) is 9.47. The van der Waals surface area contributed by atoms with Crippen molar-refractivity contribution >= 4 is 23.4 Å². The predicted octanol–water partition coefficient (Wildman–Crippen LogP) is 4.52. The van der Waals surface area contributed by atoms with Crippen LogP contribution in [-0.4, -0.2) is 28.3 Å². The van der Waals surface area contributed by atoms with Gasteiger partial charge >= 0.3 is 0 Å². The summed E-state index contributed by atoms with van der Waals surface area (Å²) in [4.78, 5) is 27.6. The third-order valence-electron chi connectivity index (χ3n) is 4.51. The SMILES string of the molecule is Cc1ccccc1CN(C(=O)Cc1cccc(Cl)c1)[C@H](C)C(=O)NC(C)(C)C. The zero-order valence-electron chi connectivity index (χ0n) is 17.3. The van der Waals surface area contributed by atoms with Crippen LogP contribution in [0.4, 0.5) is 0 Å². The monoisotopic (exact) mass is 400 g/mol. The summed E-state index contributed by atoms with van der Waals surface area (Å²) >= 11 is 6.06. The van der Waals surface area contributed by atoms with E-state index in [4.69, 9.17) is 11.6 Å². The van der Waals surface area contributed by atoms with Crippen molar-refractivity contribution in [2.75, 3.05) is 0 Å². The molecule has 1 N–H and O–H groups in total. The smallest absolute Gasteiger partial charge is 0.242 e. The Morgan fingerprint density at radius 2 is 1.79 bits per heavy atom. The summed E-state index contributed by atoms with van der Waals surface area (Å²) in [5, 5.41) is 3.57. The Bertz CT molecular complexity index is 842. The van der Waals surface area contributed by atoms with E-state index in [1.165, 1.54) is 0 Å². The van der Waals surface area contributed by atoms with Crippen molar-refractivity contribution in [2.24, 2.45) is 0 Å². The molecule has 2 amide bonds. The van der Waals surface area contributed by atoms with Gasteiger partial charge in [0.25, 0.3) is 0 Å². The minimum atomic E-state index is -0.592. The van der Waals surface area contributed by atoms with Gasteiger partial charge in [0, 0.05) is 17.1 Å². The number of benzene rings is 2. The van der Waals surface area contributed by atoms with E-state index in [0.717, 1.165) is 16.7 Å². The minimum absolute atomic E-state index is 0.109. The van der Waals surface area contributed by atoms with Crippen molar-refractivity contribution in [1.29, 1.82) is 0 Å². The van der Waals surface area contributed by atoms with E-state index in [-0.39, 0.29) is 23.8 Å². The molecule has 2 rings (SSSR count). The first kappa shape index (κ1) is 22.0. The Morgan fingerprint density at radius 3 is 2.39 bits per heavy atom. The summed E-state index contributed by atoms with van der Waals surface area (Å²) in [5.41, 5.74) is 2.58. The highest BCUT2D eigenvalue weighted by Gasteiger charge is 2.28. The van der Waals surface area contributed by atoms with E-state index in [9.17, 15) is 9.59 Å². The second-order valence-electron chi connectivity index (χ2n) is 8.17. The summed E-state index contributed by atoms with van der Waals surface area (Å²) in [6.45, 7) is 9.94. The van der Waals surface area contributed by atoms with Gasteiger partial charge in [0.1, 0.15) is 6.04 Å². The second kappa shape index (κ2) is 9.24. The summed E-state index contributed by atoms with van der Waals surface area (Å²) < 4.78 is 0. The third kappa shape index (κ3) is 6.38. The average Bonchev–Trinajstić information content (AvgIpc) is 2.59. The van der Waals surface area contributed by atoms with Gasteiger partial charge in [-0.25, -0.2) is 0 Å². The van der Waals surface area contributed by atoms with Crippen molar-refractivity contribution in [3.8, 4) is 0 Å². The lowest BCUT2D eigenvalue weighted by atomic mass is 10.0. The Hall–Kier alpha value is -2.33. The second-order valence-corrected chi connectivity index (χ2v) is 8.61. The van der Waals surface area contributed by atoms with Crippen LogP contribution in [0.1, 0.15) is 44.4 Å². The highest BCUT2D eigenvalue weighted by Crippen LogP contribution is 2.17. The Balaban J connectivity index is 2.27. The summed E-state index contributed by atoms with van der Waals surface area (Å²) in [7, 11) is 0. The molecule has 5 heteroatoms. The molecular weight excluding hydrogens is 372 g/mol. The number of hydrogen-bond acceptors (Lipinski definition) is 2. The number of aryl methyl sites for hydroxylation is 1. The van der Waals surface area contributed by atoms with Crippen molar-refractivity contribution in [3.63, 3.8) is 0 Å². The van der Waals surface area contributed by atoms with Crippen LogP contribution in [0.5, 0.6) is 0 Å². The lowest BCUT2D eigenvalue weighted by Crippen LogP contribution is -2.52. The standard InChI is InChI=1S/C23H29ClN2O2/c1-16-9-6-7-11-19(16)15-26(17(2)22(28)25-23(3,4)5)21(27)14-18-10-8-12-20(24)13-18/h6-13,17H,14-15H2,1-5H3,(H,25,28)/t17-/m1/s1. The number of nitrogens with zero attached hydrogens (tertiary/aromatic N) is 1. The van der Waals surface area contributed by atoms with Gasteiger partial charge in [-0.15, -0.1) is 0 Å². The summed E-state index contributed by atoms with van der Waals surface area (Å²) in [5.74, 6) is -0.275. The highest BCUT2D eigenvalue weighted by atomic mass is 35.5. The van der Waals surface area contributed by atoms with Crippen LogP contribution in [0.2, 0.25) is 5.02 Å². The van der Waals surface area contributed by atoms with Gasteiger partial charge < -0.3 is 10.2 Å². The van der Waals surface area contributed by atoms with Gasteiger partial charge in [-0.2, -0.15) is 0 Å². The molecular formula is C23H29ClN2O2. The molecule has 0 spiro atoms. The molecule has 4 nitrogen and oxygen atoms in total. The molecule has 0 aromatic heterocycles. The van der Waals surface area contributed by atoms with E-state index in [1.54, 1.807) is 24.0 Å². The van der Waals surface area contributed by atoms with Gasteiger partial charge in [-0.3, -0.25) is 9.59 Å². The predicted molar refractivity (Wildman–Crippen MR) is 114 cm³/mol. The molecule has 0 heterocycles. The first-order chi connectivity index (χ1) is 13.1. The van der Waals surface area contributed by atoms with Crippen LogP contribution in [0.3, 0.4) is 0 Å². The minimum Gasteiger partial charge on any atom is -0.350 e. The highest BCUT2D eigenvalue weighted by molar-refractivity contribution is 6.30. The maximum Gasteiger partial charge on any atom is 0.242 e. The van der Waals surface area contributed by atoms with Gasteiger partial charge in [-0.1, -0.05) is 48.0 Å². The van der Waals surface area contributed by atoms with Crippen molar-refractivity contribution in [2.45, 2.75) is 59.2 Å². The van der Waals surface area contributed by atoms with E-state index < -0.39 is 6.04 Å². The van der Waals surface area contributed by atoms with Crippen LogP contribution in [0.25, 0.3) is 0 Å². The number of nitrogens with one attached hydrogen (secondary N) is 1. The maximum absolute atomic E-state index is 13.2. The topological polar surface area (TPSA) is 49.4 Å². The normalized spacial score (nSPS) is 12.4. The first-order valence-corrected chi connectivity index (χ1v) is 9.85. The van der Waals surface area contributed by atoms with Crippen molar-refractivity contribution in [1.82, 2.24) is 10.2 Å². The van der Waals surface area contributed by atoms with Gasteiger partial charge in [0.2, 0.25) is 11.8 Å². The Kier molecular flexibility index (Phi) is 7.25. The van der Waals surface area contributed by atoms with E-state index in [2.05, 4.69) is 5.32 Å². The molecule has 0 saturated heterocycles. The molecule has 0 aliphatic heterocycles. The fourth-order valence-corrected chi connectivity index (χ4v) is 3.16. The molecule has 28 heavy (non-hydrogen) atoms. The lowest BCUT2D eigenvalue weighted by molar-refractivity contribution is -0.140. The zero-order chi connectivity index (χ0) is 20.9. The van der Waals surface area contributed by atoms with Gasteiger partial charge in [0.05, 0.1) is 6.42 Å². The molecule has 0 bridgehead atoms. The number of amides is 2. The molecule has 1 atom stereocenters. The van der Waals surface area contributed by atoms with Gasteiger partial charge in [0.15, 0.2) is 0 Å². The quantitative estimate of drug-likeness (QED) is 0.774. The van der Waals surface area contributed by atoms with E-state index in [1.807, 2.05) is 64.1 Å². The number of carbonyl (C=O) groups excluding carboxylic acids is 2. The van der Waals surface area contributed by atoms with Crippen LogP contribution in [0.15, 0.2) is 48.5 Å². The molecule has 2 aromatic rings. The summed E-state index contributed by atoms with van der Waals surface area (Å²) in [6, 6.07) is 14.6. The molecule has 2 aromatic carbocycles. The Labute approximate surface area is 172 Å². The van der Waals surface area contributed by atoms with Crippen LogP contribution in [0, 0.1) is 6.92 Å². The molecule has 0 saturated carbocycles. The zero-order valence-corrected chi connectivity index (χ0v) is 18.0. The lowest BCUT2D eigenvalue weighted by Gasteiger charge is -2.32. The fraction of sp³-hybridized carbons (Fsp3) is 0.391. The Morgan fingerprint density at radius 1 is 1.11 bits per heavy atom. The van der Waals surface area contributed by atoms with Crippen molar-refractivity contribution < 1.29 is 9.59 Å². The van der Waals surface area contributed by atoms with Gasteiger partial charge in [-0.05, 0) is 63.4 Å². The number of rotatable bonds is 6. The molecule has 150 valence electrons. The maximum atomic E-state index is 13.2. The molecule has 0 radical (unpaired) electrons. The average molecular weight is 401 g/mol. The molecule has 0 aliphatic carbocycles. The summed E-state index contributed by atoms with van der Waals surface area (Å²) in [6.07, 6.45) is 0.194. The van der Waals surface area contributed by atoms with Crippen LogP contribution in [-0.2, 0) is 22.6 Å². The molecule has 0 aliphatic rings. The number of hydrogen-bond donors (Lipinski definition) is 1. The van der Waals surface area contributed by atoms with E-state index in [0.29, 0.717) is 11.6 Å². The third-order valence-corrected chi connectivity index (χ3v) is 4.75. The fourth-order valence-electron chi connectivity index (χ4n) is 2.95. The van der Waals surface area contributed by atoms with Crippen molar-refractivity contribution in [3.05, 3.63) is 70.2 Å². The van der Waals surface area contributed by atoms with Crippen LogP contribution >= 0.6 is 11.6 Å². The molecule has 0 unspecified atom stereocenters. The number of carbonyl (C=O) groups is 2. The largest absolute Gasteiger partial charge is 0.350 e.